The van der Waals surface area contributed by atoms with Crippen LogP contribution in [0, 0.1) is 0 Å². The maximum absolute atomic E-state index is 9.11. The fraction of sp³-hybridized carbons (Fsp3) is 0.800. The molecule has 2 N–H and O–H groups in total. The van der Waals surface area contributed by atoms with Crippen molar-refractivity contribution in [1.29, 1.82) is 0 Å². The molecule has 1 heterocycles. The van der Waals surface area contributed by atoms with Gasteiger partial charge in [0, 0.05) is 18.1 Å². The molecule has 0 aliphatic heterocycles. The van der Waals surface area contributed by atoms with Gasteiger partial charge in [0.15, 0.2) is 0 Å². The average Bonchev–Trinajstić information content (AvgIpc) is 2.66. The summed E-state index contributed by atoms with van der Waals surface area (Å²) < 4.78 is 1.81. The molecule has 1 atom stereocenters. The van der Waals surface area contributed by atoms with Crippen LogP contribution in [0.4, 0.5) is 0 Å². The Balaban J connectivity index is 2.27. The van der Waals surface area contributed by atoms with Crippen LogP contribution in [0.1, 0.15) is 27.2 Å². The van der Waals surface area contributed by atoms with Gasteiger partial charge in [-0.25, -0.2) is 4.98 Å². The SMILES string of the molecule is CC(CCn1cncn1)NC(C)(C)CO. The third-order valence-electron chi connectivity index (χ3n) is 2.29. The quantitative estimate of drug-likeness (QED) is 0.717. The smallest absolute Gasteiger partial charge is 0.137 e. The van der Waals surface area contributed by atoms with Gasteiger partial charge in [-0.2, -0.15) is 5.10 Å². The molecule has 5 nitrogen and oxygen atoms in total. The van der Waals surface area contributed by atoms with E-state index in [2.05, 4.69) is 22.3 Å². The summed E-state index contributed by atoms with van der Waals surface area (Å²) in [7, 11) is 0. The van der Waals surface area contributed by atoms with Crippen LogP contribution in [0.15, 0.2) is 12.7 Å². The van der Waals surface area contributed by atoms with Crippen molar-refractivity contribution in [1.82, 2.24) is 20.1 Å². The Morgan fingerprint density at radius 3 is 2.80 bits per heavy atom. The van der Waals surface area contributed by atoms with E-state index in [9.17, 15) is 0 Å². The Morgan fingerprint density at radius 2 is 2.27 bits per heavy atom. The minimum absolute atomic E-state index is 0.140. The Bertz CT molecular complexity index is 271. The van der Waals surface area contributed by atoms with E-state index in [1.165, 1.54) is 6.33 Å². The number of hydrogen-bond acceptors (Lipinski definition) is 4. The zero-order valence-electron chi connectivity index (χ0n) is 9.64. The van der Waals surface area contributed by atoms with Gasteiger partial charge in [-0.1, -0.05) is 0 Å². The number of rotatable bonds is 6. The lowest BCUT2D eigenvalue weighted by molar-refractivity contribution is 0.174. The summed E-state index contributed by atoms with van der Waals surface area (Å²) in [6, 6.07) is 0.344. The lowest BCUT2D eigenvalue weighted by Gasteiger charge is -2.28. The molecule has 0 aromatic carbocycles. The van der Waals surface area contributed by atoms with Gasteiger partial charge in [0.1, 0.15) is 12.7 Å². The molecular formula is C10H20N4O. The number of nitrogens with one attached hydrogen (secondary N) is 1. The normalized spacial score (nSPS) is 14.1. The highest BCUT2D eigenvalue weighted by Gasteiger charge is 2.18. The molecule has 1 aromatic rings. The van der Waals surface area contributed by atoms with Gasteiger partial charge in [-0.3, -0.25) is 4.68 Å². The number of aromatic nitrogens is 3. The Hall–Kier alpha value is -0.940. The minimum Gasteiger partial charge on any atom is -0.394 e. The van der Waals surface area contributed by atoms with Gasteiger partial charge in [0.05, 0.1) is 6.61 Å². The van der Waals surface area contributed by atoms with Crippen molar-refractivity contribution in [3.8, 4) is 0 Å². The van der Waals surface area contributed by atoms with Crippen LogP contribution < -0.4 is 5.32 Å². The molecule has 0 amide bonds. The molecule has 0 spiro atoms. The summed E-state index contributed by atoms with van der Waals surface area (Å²) >= 11 is 0. The second kappa shape index (κ2) is 5.23. The van der Waals surface area contributed by atoms with Crippen molar-refractivity contribution < 1.29 is 5.11 Å². The average molecular weight is 212 g/mol. The first-order valence-corrected chi connectivity index (χ1v) is 5.24. The predicted octanol–water partition coefficient (Wildman–Crippen LogP) is 0.417. The largest absolute Gasteiger partial charge is 0.394 e. The van der Waals surface area contributed by atoms with Gasteiger partial charge in [0.25, 0.3) is 0 Å². The highest BCUT2D eigenvalue weighted by Crippen LogP contribution is 2.04. The fourth-order valence-electron chi connectivity index (χ4n) is 1.46. The molecule has 5 heteroatoms. The second-order valence-electron chi connectivity index (χ2n) is 4.53. The number of hydrogen-bond donors (Lipinski definition) is 2. The number of nitrogens with zero attached hydrogens (tertiary/aromatic N) is 3. The molecule has 0 aliphatic carbocycles. The third kappa shape index (κ3) is 4.40. The van der Waals surface area contributed by atoms with Crippen molar-refractivity contribution in [3.63, 3.8) is 0 Å². The van der Waals surface area contributed by atoms with Crippen molar-refractivity contribution in [2.45, 2.75) is 45.3 Å². The molecule has 15 heavy (non-hydrogen) atoms. The van der Waals surface area contributed by atoms with E-state index < -0.39 is 0 Å². The monoisotopic (exact) mass is 212 g/mol. The van der Waals surface area contributed by atoms with E-state index >= 15 is 0 Å². The van der Waals surface area contributed by atoms with Crippen LogP contribution in [0.25, 0.3) is 0 Å². The van der Waals surface area contributed by atoms with Crippen molar-refractivity contribution in [2.24, 2.45) is 0 Å². The molecule has 0 fully saturated rings. The highest BCUT2D eigenvalue weighted by atomic mass is 16.3. The first-order valence-electron chi connectivity index (χ1n) is 5.24. The van der Waals surface area contributed by atoms with Crippen molar-refractivity contribution in [2.75, 3.05) is 6.61 Å². The van der Waals surface area contributed by atoms with E-state index in [4.69, 9.17) is 5.11 Å². The number of aliphatic hydroxyl groups is 1. The first kappa shape index (κ1) is 12.1. The molecule has 1 rings (SSSR count). The van der Waals surface area contributed by atoms with Crippen molar-refractivity contribution in [3.05, 3.63) is 12.7 Å². The molecule has 0 radical (unpaired) electrons. The molecule has 1 unspecified atom stereocenters. The fourth-order valence-corrected chi connectivity index (χ4v) is 1.46. The van der Waals surface area contributed by atoms with Gasteiger partial charge >= 0.3 is 0 Å². The zero-order chi connectivity index (χ0) is 11.3. The van der Waals surface area contributed by atoms with E-state index in [0.29, 0.717) is 6.04 Å². The summed E-state index contributed by atoms with van der Waals surface area (Å²) in [4.78, 5) is 3.88. The van der Waals surface area contributed by atoms with Crippen LogP contribution in [0.5, 0.6) is 0 Å². The van der Waals surface area contributed by atoms with Crippen LogP contribution >= 0.6 is 0 Å². The first-order chi connectivity index (χ1) is 7.03. The van der Waals surface area contributed by atoms with Crippen LogP contribution in [-0.4, -0.2) is 38.1 Å². The van der Waals surface area contributed by atoms with Gasteiger partial charge in [-0.05, 0) is 27.2 Å². The maximum Gasteiger partial charge on any atom is 0.137 e. The highest BCUT2D eigenvalue weighted by molar-refractivity contribution is 4.79. The van der Waals surface area contributed by atoms with Crippen LogP contribution in [0.2, 0.25) is 0 Å². The second-order valence-corrected chi connectivity index (χ2v) is 4.53. The maximum atomic E-state index is 9.11. The van der Waals surface area contributed by atoms with E-state index in [-0.39, 0.29) is 12.1 Å². The molecular weight excluding hydrogens is 192 g/mol. The summed E-state index contributed by atoms with van der Waals surface area (Å²) in [5.74, 6) is 0. The Kier molecular flexibility index (Phi) is 4.23. The predicted molar refractivity (Wildman–Crippen MR) is 58.4 cm³/mol. The Morgan fingerprint density at radius 1 is 1.53 bits per heavy atom. The molecule has 0 aliphatic rings. The summed E-state index contributed by atoms with van der Waals surface area (Å²) in [5, 5.41) is 16.5. The standard InChI is InChI=1S/C10H20N4O/c1-9(13-10(2,3)6-15)4-5-14-8-11-7-12-14/h7-9,13,15H,4-6H2,1-3H3. The van der Waals surface area contributed by atoms with E-state index in [0.717, 1.165) is 13.0 Å². The molecule has 86 valence electrons. The van der Waals surface area contributed by atoms with Gasteiger partial charge in [0.2, 0.25) is 0 Å². The van der Waals surface area contributed by atoms with Crippen molar-refractivity contribution >= 4 is 0 Å². The molecule has 0 saturated carbocycles. The number of aliphatic hydroxyl groups excluding tert-OH is 1. The van der Waals surface area contributed by atoms with Gasteiger partial charge < -0.3 is 10.4 Å². The number of aryl methyl sites for hydroxylation is 1. The van der Waals surface area contributed by atoms with E-state index in [1.807, 2.05) is 18.5 Å². The minimum atomic E-state index is -0.220. The third-order valence-corrected chi connectivity index (χ3v) is 2.29. The summed E-state index contributed by atoms with van der Waals surface area (Å²) in [6.07, 6.45) is 4.21. The summed E-state index contributed by atoms with van der Waals surface area (Å²) in [6.45, 7) is 7.06. The van der Waals surface area contributed by atoms with E-state index in [1.54, 1.807) is 6.33 Å². The summed E-state index contributed by atoms with van der Waals surface area (Å²) in [5.41, 5.74) is -0.220. The topological polar surface area (TPSA) is 63.0 Å². The van der Waals surface area contributed by atoms with Crippen LogP contribution in [-0.2, 0) is 6.54 Å². The lowest BCUT2D eigenvalue weighted by Crippen LogP contribution is -2.47. The lowest BCUT2D eigenvalue weighted by atomic mass is 10.0. The molecule has 0 saturated heterocycles. The Labute approximate surface area is 90.5 Å². The zero-order valence-corrected chi connectivity index (χ0v) is 9.64. The molecule has 1 aromatic heterocycles. The van der Waals surface area contributed by atoms with Gasteiger partial charge in [-0.15, -0.1) is 0 Å². The molecule has 0 bridgehead atoms. The van der Waals surface area contributed by atoms with Crippen LogP contribution in [0.3, 0.4) is 0 Å².